The van der Waals surface area contributed by atoms with E-state index >= 15 is 0 Å². The third kappa shape index (κ3) is 4.72. The predicted molar refractivity (Wildman–Crippen MR) is 108 cm³/mol. The second kappa shape index (κ2) is 9.12. The van der Waals surface area contributed by atoms with Gasteiger partial charge in [0.1, 0.15) is 25.6 Å². The van der Waals surface area contributed by atoms with Crippen molar-refractivity contribution in [2.24, 2.45) is 0 Å². The summed E-state index contributed by atoms with van der Waals surface area (Å²) in [6.45, 7) is 0.983. The van der Waals surface area contributed by atoms with E-state index in [2.05, 4.69) is 10.9 Å². The Hall–Kier alpha value is -4.14. The highest BCUT2D eigenvalue weighted by Gasteiger charge is 2.17. The van der Waals surface area contributed by atoms with Crippen LogP contribution in [0.2, 0.25) is 0 Å². The van der Waals surface area contributed by atoms with Gasteiger partial charge >= 0.3 is 5.91 Å². The number of furan rings is 1. The van der Waals surface area contributed by atoms with Crippen LogP contribution < -0.4 is 29.8 Å². The van der Waals surface area contributed by atoms with Crippen LogP contribution in [0.1, 0.15) is 26.7 Å². The van der Waals surface area contributed by atoms with Crippen molar-refractivity contribution in [3.8, 4) is 23.0 Å². The van der Waals surface area contributed by atoms with Crippen LogP contribution in [0.5, 0.6) is 23.0 Å². The summed E-state index contributed by atoms with van der Waals surface area (Å²) in [6, 6.07) is 15.1. The zero-order valence-electron chi connectivity index (χ0n) is 16.7. The number of hydrogen-bond donors (Lipinski definition) is 2. The minimum absolute atomic E-state index is 0.0288. The highest BCUT2D eigenvalue weighted by Crippen LogP contribution is 2.30. The second-order valence-electron chi connectivity index (χ2n) is 6.47. The molecule has 31 heavy (non-hydrogen) atoms. The predicted octanol–water partition coefficient (Wildman–Crippen LogP) is 2.71. The van der Waals surface area contributed by atoms with Gasteiger partial charge in [0.15, 0.2) is 28.8 Å². The van der Waals surface area contributed by atoms with E-state index in [1.165, 1.54) is 6.07 Å². The van der Waals surface area contributed by atoms with Crippen molar-refractivity contribution >= 4 is 11.8 Å². The monoisotopic (exact) mass is 424 g/mol. The highest BCUT2D eigenvalue weighted by atomic mass is 16.6. The first kappa shape index (κ1) is 20.1. The molecule has 2 N–H and O–H groups in total. The molecule has 0 atom stereocenters. The van der Waals surface area contributed by atoms with Gasteiger partial charge in [-0.1, -0.05) is 12.1 Å². The maximum Gasteiger partial charge on any atom is 0.305 e. The standard InChI is InChI=1S/C22H20N2O7/c1-27-16-4-2-3-5-17(16)30-13-15-7-9-19(31-15)22(26)24-23-21(25)14-6-8-18-20(12-14)29-11-10-28-18/h2-9,12H,10-11,13H2,1H3,(H,23,25)(H,24,26). The number of ether oxygens (including phenoxy) is 4. The number of nitrogens with one attached hydrogen (secondary N) is 2. The van der Waals surface area contributed by atoms with Gasteiger partial charge in [0.2, 0.25) is 0 Å². The summed E-state index contributed by atoms with van der Waals surface area (Å²) in [6.07, 6.45) is 0. The Balaban J connectivity index is 1.31. The normalized spacial score (nSPS) is 12.0. The quantitative estimate of drug-likeness (QED) is 0.586. The van der Waals surface area contributed by atoms with Crippen LogP contribution in [0.4, 0.5) is 0 Å². The fraction of sp³-hybridized carbons (Fsp3) is 0.182. The van der Waals surface area contributed by atoms with Gasteiger partial charge in [0, 0.05) is 5.56 Å². The molecule has 1 aliphatic rings. The first-order chi connectivity index (χ1) is 15.1. The average Bonchev–Trinajstić information content (AvgIpc) is 3.30. The molecular weight excluding hydrogens is 404 g/mol. The van der Waals surface area contributed by atoms with Gasteiger partial charge in [0.25, 0.3) is 5.91 Å². The van der Waals surface area contributed by atoms with Crippen LogP contribution in [0.25, 0.3) is 0 Å². The number of methoxy groups -OCH3 is 1. The first-order valence-corrected chi connectivity index (χ1v) is 9.49. The summed E-state index contributed by atoms with van der Waals surface area (Å²) >= 11 is 0. The summed E-state index contributed by atoms with van der Waals surface area (Å²) in [4.78, 5) is 24.6. The SMILES string of the molecule is COc1ccccc1OCc1ccc(C(=O)NNC(=O)c2ccc3c(c2)OCCO3)o1. The maximum absolute atomic E-state index is 12.3. The lowest BCUT2D eigenvalue weighted by Gasteiger charge is -2.18. The molecule has 3 aromatic rings. The molecule has 2 amide bonds. The van der Waals surface area contributed by atoms with Crippen LogP contribution in [0.15, 0.2) is 59.0 Å². The molecule has 0 spiro atoms. The molecule has 2 heterocycles. The minimum Gasteiger partial charge on any atom is -0.493 e. The van der Waals surface area contributed by atoms with Crippen LogP contribution in [-0.2, 0) is 6.61 Å². The van der Waals surface area contributed by atoms with Gasteiger partial charge in [-0.05, 0) is 42.5 Å². The molecule has 0 fully saturated rings. The Bertz CT molecular complexity index is 1090. The molecule has 0 unspecified atom stereocenters. The lowest BCUT2D eigenvalue weighted by molar-refractivity contribution is 0.0828. The van der Waals surface area contributed by atoms with E-state index < -0.39 is 11.8 Å². The summed E-state index contributed by atoms with van der Waals surface area (Å²) < 4.78 is 27.3. The number of rotatable bonds is 6. The van der Waals surface area contributed by atoms with E-state index in [9.17, 15) is 9.59 Å². The zero-order chi connectivity index (χ0) is 21.6. The van der Waals surface area contributed by atoms with E-state index in [1.807, 2.05) is 12.1 Å². The molecule has 1 aliphatic heterocycles. The fourth-order valence-electron chi connectivity index (χ4n) is 2.90. The van der Waals surface area contributed by atoms with Crippen LogP contribution in [0, 0.1) is 0 Å². The summed E-state index contributed by atoms with van der Waals surface area (Å²) in [5.74, 6) is 1.57. The smallest absolute Gasteiger partial charge is 0.305 e. The largest absolute Gasteiger partial charge is 0.493 e. The number of hydrazine groups is 1. The summed E-state index contributed by atoms with van der Waals surface area (Å²) in [5, 5.41) is 0. The molecule has 0 bridgehead atoms. The van der Waals surface area contributed by atoms with Crippen molar-refractivity contribution in [3.05, 3.63) is 71.7 Å². The molecule has 4 rings (SSSR count). The Morgan fingerprint density at radius 2 is 1.65 bits per heavy atom. The van der Waals surface area contributed by atoms with E-state index in [4.69, 9.17) is 23.4 Å². The van der Waals surface area contributed by atoms with E-state index in [0.29, 0.717) is 47.5 Å². The summed E-state index contributed by atoms with van der Waals surface area (Å²) in [7, 11) is 1.55. The van der Waals surface area contributed by atoms with Crippen molar-refractivity contribution in [3.63, 3.8) is 0 Å². The number of benzene rings is 2. The number of carbonyl (C=O) groups is 2. The molecular formula is C22H20N2O7. The molecule has 0 saturated carbocycles. The topological polar surface area (TPSA) is 108 Å². The van der Waals surface area contributed by atoms with Gasteiger partial charge in [-0.25, -0.2) is 0 Å². The van der Waals surface area contributed by atoms with Crippen LogP contribution in [0.3, 0.4) is 0 Å². The molecule has 1 aromatic heterocycles. The van der Waals surface area contributed by atoms with Crippen molar-refractivity contribution in [1.29, 1.82) is 0 Å². The molecule has 2 aromatic carbocycles. The lowest BCUT2D eigenvalue weighted by atomic mass is 10.2. The van der Waals surface area contributed by atoms with Gasteiger partial charge < -0.3 is 23.4 Å². The van der Waals surface area contributed by atoms with Gasteiger partial charge in [-0.3, -0.25) is 20.4 Å². The number of hydrogen-bond acceptors (Lipinski definition) is 7. The molecule has 9 nitrogen and oxygen atoms in total. The number of carbonyl (C=O) groups excluding carboxylic acids is 2. The Morgan fingerprint density at radius 1 is 0.903 bits per heavy atom. The Morgan fingerprint density at radius 3 is 2.45 bits per heavy atom. The third-order valence-corrected chi connectivity index (χ3v) is 4.42. The summed E-state index contributed by atoms with van der Waals surface area (Å²) in [5.41, 5.74) is 4.98. The van der Waals surface area contributed by atoms with Crippen molar-refractivity contribution in [2.45, 2.75) is 6.61 Å². The second-order valence-corrected chi connectivity index (χ2v) is 6.47. The van der Waals surface area contributed by atoms with Crippen molar-refractivity contribution < 1.29 is 33.0 Å². The Kier molecular flexibility index (Phi) is 5.93. The van der Waals surface area contributed by atoms with E-state index in [1.54, 1.807) is 43.5 Å². The minimum atomic E-state index is -0.602. The average molecular weight is 424 g/mol. The number of para-hydroxylation sites is 2. The van der Waals surface area contributed by atoms with Crippen LogP contribution >= 0.6 is 0 Å². The molecule has 160 valence electrons. The van der Waals surface area contributed by atoms with Gasteiger partial charge in [-0.2, -0.15) is 0 Å². The van der Waals surface area contributed by atoms with Crippen molar-refractivity contribution in [1.82, 2.24) is 10.9 Å². The first-order valence-electron chi connectivity index (χ1n) is 9.49. The van der Waals surface area contributed by atoms with E-state index in [0.717, 1.165) is 0 Å². The maximum atomic E-state index is 12.3. The van der Waals surface area contributed by atoms with Crippen molar-refractivity contribution in [2.75, 3.05) is 20.3 Å². The number of fused-ring (bicyclic) bond motifs is 1. The molecule has 0 saturated heterocycles. The molecule has 0 radical (unpaired) electrons. The third-order valence-electron chi connectivity index (χ3n) is 4.42. The van der Waals surface area contributed by atoms with Gasteiger partial charge in [0.05, 0.1) is 7.11 Å². The van der Waals surface area contributed by atoms with Crippen LogP contribution in [-0.4, -0.2) is 32.1 Å². The lowest BCUT2D eigenvalue weighted by Crippen LogP contribution is -2.41. The Labute approximate surface area is 177 Å². The number of amides is 2. The zero-order valence-corrected chi connectivity index (χ0v) is 16.7. The fourth-order valence-corrected chi connectivity index (χ4v) is 2.90. The molecule has 0 aliphatic carbocycles. The van der Waals surface area contributed by atoms with E-state index in [-0.39, 0.29) is 12.4 Å². The van der Waals surface area contributed by atoms with Gasteiger partial charge in [-0.15, -0.1) is 0 Å². The molecule has 9 heteroatoms. The highest BCUT2D eigenvalue weighted by molar-refractivity contribution is 5.98.